The SMILES string of the molecule is O=P(c1ccccc1)(c1ccccc1)C1OC1c1ccccc1. The van der Waals surface area contributed by atoms with Crippen molar-refractivity contribution in [2.75, 3.05) is 0 Å². The lowest BCUT2D eigenvalue weighted by Crippen LogP contribution is -2.19. The van der Waals surface area contributed by atoms with E-state index < -0.39 is 7.14 Å². The standard InChI is InChI=1S/C20H17O2P/c21-23(17-12-6-2-7-13-17,18-14-8-3-9-15-18)20-19(22-20)16-10-4-1-5-11-16/h1-15,19-20H. The van der Waals surface area contributed by atoms with Gasteiger partial charge in [-0.25, -0.2) is 0 Å². The minimum Gasteiger partial charge on any atom is -0.356 e. The molecule has 1 heterocycles. The molecule has 3 aromatic carbocycles. The first kappa shape index (κ1) is 14.4. The van der Waals surface area contributed by atoms with Crippen LogP contribution in [0.15, 0.2) is 91.0 Å². The van der Waals surface area contributed by atoms with Crippen molar-refractivity contribution in [1.82, 2.24) is 0 Å². The number of benzene rings is 3. The zero-order chi connectivity index (χ0) is 15.7. The van der Waals surface area contributed by atoms with Crippen LogP contribution in [0.5, 0.6) is 0 Å². The van der Waals surface area contributed by atoms with Crippen molar-refractivity contribution < 1.29 is 9.30 Å². The molecule has 0 radical (unpaired) electrons. The third-order valence-electron chi connectivity index (χ3n) is 4.23. The van der Waals surface area contributed by atoms with Crippen LogP contribution in [-0.2, 0) is 9.30 Å². The Hall–Kier alpha value is -2.15. The van der Waals surface area contributed by atoms with Gasteiger partial charge in [0.25, 0.3) is 0 Å². The van der Waals surface area contributed by atoms with E-state index in [9.17, 15) is 4.57 Å². The van der Waals surface area contributed by atoms with Crippen molar-refractivity contribution in [1.29, 1.82) is 0 Å². The molecule has 3 aromatic rings. The summed E-state index contributed by atoms with van der Waals surface area (Å²) in [5, 5.41) is 1.71. The van der Waals surface area contributed by atoms with Crippen LogP contribution in [0.4, 0.5) is 0 Å². The molecule has 1 fully saturated rings. The first-order chi connectivity index (χ1) is 11.3. The zero-order valence-corrected chi connectivity index (χ0v) is 13.5. The predicted molar refractivity (Wildman–Crippen MR) is 93.8 cm³/mol. The van der Waals surface area contributed by atoms with Crippen LogP contribution in [0.1, 0.15) is 11.7 Å². The van der Waals surface area contributed by atoms with Crippen LogP contribution in [0.25, 0.3) is 0 Å². The fraction of sp³-hybridized carbons (Fsp3) is 0.100. The monoisotopic (exact) mass is 320 g/mol. The molecule has 0 amide bonds. The molecule has 2 atom stereocenters. The molecule has 1 saturated heterocycles. The van der Waals surface area contributed by atoms with Gasteiger partial charge in [0.2, 0.25) is 0 Å². The Balaban J connectivity index is 1.78. The maximum Gasteiger partial charge on any atom is 0.173 e. The Labute approximate surface area is 136 Å². The second-order valence-electron chi connectivity index (χ2n) is 5.69. The van der Waals surface area contributed by atoms with Gasteiger partial charge in [0, 0.05) is 10.6 Å². The Morgan fingerprint density at radius 3 is 1.57 bits per heavy atom. The van der Waals surface area contributed by atoms with Gasteiger partial charge in [0.05, 0.1) is 0 Å². The van der Waals surface area contributed by atoms with Crippen molar-refractivity contribution >= 4 is 17.8 Å². The lowest BCUT2D eigenvalue weighted by molar-refractivity contribution is 0.401. The molecule has 0 bridgehead atoms. The van der Waals surface area contributed by atoms with Gasteiger partial charge < -0.3 is 9.30 Å². The molecule has 1 aliphatic heterocycles. The van der Waals surface area contributed by atoms with Gasteiger partial charge >= 0.3 is 0 Å². The first-order valence-electron chi connectivity index (χ1n) is 7.71. The maximum atomic E-state index is 14.0. The van der Waals surface area contributed by atoms with Crippen LogP contribution >= 0.6 is 7.14 Å². The molecule has 4 rings (SSSR count). The van der Waals surface area contributed by atoms with Gasteiger partial charge in [-0.2, -0.15) is 0 Å². The van der Waals surface area contributed by atoms with E-state index in [1.807, 2.05) is 91.0 Å². The highest BCUT2D eigenvalue weighted by atomic mass is 31.2. The second-order valence-corrected chi connectivity index (χ2v) is 8.54. The van der Waals surface area contributed by atoms with E-state index in [0.717, 1.165) is 16.2 Å². The molecule has 0 N–H and O–H groups in total. The van der Waals surface area contributed by atoms with Crippen LogP contribution < -0.4 is 10.6 Å². The quantitative estimate of drug-likeness (QED) is 0.535. The molecular weight excluding hydrogens is 303 g/mol. The summed E-state index contributed by atoms with van der Waals surface area (Å²) in [6, 6.07) is 29.4. The molecule has 0 spiro atoms. The molecule has 3 heteroatoms. The molecule has 0 saturated carbocycles. The molecule has 0 aromatic heterocycles. The third kappa shape index (κ3) is 2.55. The molecular formula is C20H17O2P. The molecule has 2 nitrogen and oxygen atoms in total. The fourth-order valence-electron chi connectivity index (χ4n) is 3.01. The minimum atomic E-state index is -2.83. The maximum absolute atomic E-state index is 14.0. The molecule has 0 aliphatic carbocycles. The van der Waals surface area contributed by atoms with Gasteiger partial charge in [-0.3, -0.25) is 0 Å². The number of hydrogen-bond donors (Lipinski definition) is 0. The summed E-state index contributed by atoms with van der Waals surface area (Å²) >= 11 is 0. The number of hydrogen-bond acceptors (Lipinski definition) is 2. The largest absolute Gasteiger partial charge is 0.356 e. The summed E-state index contributed by atoms with van der Waals surface area (Å²) in [5.74, 6) is -0.283. The van der Waals surface area contributed by atoms with Gasteiger partial charge in [-0.1, -0.05) is 91.0 Å². The van der Waals surface area contributed by atoms with E-state index in [4.69, 9.17) is 4.74 Å². The summed E-state index contributed by atoms with van der Waals surface area (Å²) in [5.41, 5.74) is 1.09. The van der Waals surface area contributed by atoms with Gasteiger partial charge in [0.1, 0.15) is 11.9 Å². The average molecular weight is 320 g/mol. The van der Waals surface area contributed by atoms with E-state index in [1.54, 1.807) is 0 Å². The normalized spacial score (nSPS) is 20.2. The number of epoxide rings is 1. The highest BCUT2D eigenvalue weighted by Gasteiger charge is 2.54. The molecule has 2 unspecified atom stereocenters. The molecule has 23 heavy (non-hydrogen) atoms. The predicted octanol–water partition coefficient (Wildman–Crippen LogP) is 4.10. The Kier molecular flexibility index (Phi) is 3.65. The topological polar surface area (TPSA) is 29.6 Å². The van der Waals surface area contributed by atoms with E-state index in [1.165, 1.54) is 0 Å². The highest BCUT2D eigenvalue weighted by molar-refractivity contribution is 7.79. The minimum absolute atomic E-state index is 0.0950. The second kappa shape index (κ2) is 5.81. The summed E-state index contributed by atoms with van der Waals surface area (Å²) in [6.07, 6.45) is -0.0950. The highest BCUT2D eigenvalue weighted by Crippen LogP contribution is 2.63. The smallest absolute Gasteiger partial charge is 0.173 e. The summed E-state index contributed by atoms with van der Waals surface area (Å²) < 4.78 is 20.0. The van der Waals surface area contributed by atoms with Gasteiger partial charge in [0.15, 0.2) is 7.14 Å². The van der Waals surface area contributed by atoms with Crippen LogP contribution in [0.2, 0.25) is 0 Å². The van der Waals surface area contributed by atoms with E-state index >= 15 is 0 Å². The van der Waals surface area contributed by atoms with Crippen molar-refractivity contribution in [2.24, 2.45) is 0 Å². The summed E-state index contributed by atoms with van der Waals surface area (Å²) in [4.78, 5) is 0. The van der Waals surface area contributed by atoms with Gasteiger partial charge in [-0.15, -0.1) is 0 Å². The Bertz CT molecular complexity index is 788. The summed E-state index contributed by atoms with van der Waals surface area (Å²) in [6.45, 7) is 0. The van der Waals surface area contributed by atoms with E-state index in [2.05, 4.69) is 0 Å². The first-order valence-corrected chi connectivity index (χ1v) is 9.49. The zero-order valence-electron chi connectivity index (χ0n) is 12.6. The van der Waals surface area contributed by atoms with Crippen LogP contribution in [0.3, 0.4) is 0 Å². The Morgan fingerprint density at radius 2 is 1.09 bits per heavy atom. The van der Waals surface area contributed by atoms with Crippen LogP contribution in [0, 0.1) is 0 Å². The van der Waals surface area contributed by atoms with E-state index in [0.29, 0.717) is 0 Å². The van der Waals surface area contributed by atoms with Crippen molar-refractivity contribution in [3.63, 3.8) is 0 Å². The van der Waals surface area contributed by atoms with Crippen molar-refractivity contribution in [3.8, 4) is 0 Å². The third-order valence-corrected chi connectivity index (χ3v) is 7.47. The van der Waals surface area contributed by atoms with Crippen molar-refractivity contribution in [3.05, 3.63) is 96.6 Å². The lowest BCUT2D eigenvalue weighted by atomic mass is 10.2. The fourth-order valence-corrected chi connectivity index (χ4v) is 5.98. The average Bonchev–Trinajstić information content (AvgIpc) is 3.45. The Morgan fingerprint density at radius 1 is 0.652 bits per heavy atom. The number of rotatable bonds is 4. The summed E-state index contributed by atoms with van der Waals surface area (Å²) in [7, 11) is -2.83. The number of ether oxygens (including phenoxy) is 1. The van der Waals surface area contributed by atoms with Crippen molar-refractivity contribution in [2.45, 2.75) is 11.9 Å². The van der Waals surface area contributed by atoms with Crippen LogP contribution in [-0.4, -0.2) is 5.85 Å². The van der Waals surface area contributed by atoms with E-state index in [-0.39, 0.29) is 11.9 Å². The molecule has 1 aliphatic rings. The molecule has 114 valence electrons. The van der Waals surface area contributed by atoms with Gasteiger partial charge in [-0.05, 0) is 5.56 Å². The lowest BCUT2D eigenvalue weighted by Gasteiger charge is -2.17.